The Morgan fingerprint density at radius 3 is 2.70 bits per heavy atom. The molecule has 2 unspecified atom stereocenters. The molecular formula is C14H16ClFN2O2. The van der Waals surface area contributed by atoms with Gasteiger partial charge in [-0.3, -0.25) is 14.5 Å². The first kappa shape index (κ1) is 14.8. The topological polar surface area (TPSA) is 49.4 Å². The first-order valence-corrected chi connectivity index (χ1v) is 6.92. The Morgan fingerprint density at radius 1 is 1.40 bits per heavy atom. The molecule has 108 valence electrons. The van der Waals surface area contributed by atoms with Crippen LogP contribution in [0.5, 0.6) is 0 Å². The summed E-state index contributed by atoms with van der Waals surface area (Å²) in [5.41, 5.74) is 0.348. The number of hydrogen-bond donors (Lipinski definition) is 1. The van der Waals surface area contributed by atoms with E-state index in [0.717, 1.165) is 6.42 Å². The SMILES string of the molecule is CCCC1NC(=O)C(C)N(c2ccc(Cl)c(F)c2)C1=O. The predicted octanol–water partition coefficient (Wildman–Crippen LogP) is 2.50. The molecule has 0 aromatic heterocycles. The Hall–Kier alpha value is -1.62. The highest BCUT2D eigenvalue weighted by Crippen LogP contribution is 2.26. The van der Waals surface area contributed by atoms with Crippen LogP contribution in [-0.4, -0.2) is 23.9 Å². The second kappa shape index (κ2) is 5.79. The zero-order valence-corrected chi connectivity index (χ0v) is 12.1. The smallest absolute Gasteiger partial charge is 0.250 e. The Morgan fingerprint density at radius 2 is 2.10 bits per heavy atom. The van der Waals surface area contributed by atoms with Gasteiger partial charge in [0.25, 0.3) is 0 Å². The van der Waals surface area contributed by atoms with Crippen LogP contribution in [0.3, 0.4) is 0 Å². The summed E-state index contributed by atoms with van der Waals surface area (Å²) in [5.74, 6) is -1.07. The normalized spacial score (nSPS) is 22.9. The second-order valence-electron chi connectivity index (χ2n) is 4.83. The van der Waals surface area contributed by atoms with Gasteiger partial charge < -0.3 is 5.32 Å². The first-order chi connectivity index (χ1) is 9.45. The molecule has 0 spiro atoms. The maximum Gasteiger partial charge on any atom is 0.250 e. The average Bonchev–Trinajstić information content (AvgIpc) is 2.40. The highest BCUT2D eigenvalue weighted by atomic mass is 35.5. The fraction of sp³-hybridized carbons (Fsp3) is 0.429. The molecule has 0 saturated carbocycles. The van der Waals surface area contributed by atoms with Gasteiger partial charge in [-0.2, -0.15) is 0 Å². The standard InChI is InChI=1S/C14H16ClFN2O2/c1-3-4-12-14(20)18(8(2)13(19)17-12)9-5-6-10(15)11(16)7-9/h5-8,12H,3-4H2,1-2H3,(H,17,19). The molecule has 1 aromatic carbocycles. The van der Waals surface area contributed by atoms with Crippen LogP contribution in [-0.2, 0) is 9.59 Å². The Bertz CT molecular complexity index is 550. The van der Waals surface area contributed by atoms with Crippen molar-refractivity contribution in [3.05, 3.63) is 29.0 Å². The second-order valence-corrected chi connectivity index (χ2v) is 5.24. The summed E-state index contributed by atoms with van der Waals surface area (Å²) in [7, 11) is 0. The van der Waals surface area contributed by atoms with Gasteiger partial charge >= 0.3 is 0 Å². The fourth-order valence-electron chi connectivity index (χ4n) is 2.30. The van der Waals surface area contributed by atoms with Crippen molar-refractivity contribution in [1.29, 1.82) is 0 Å². The minimum atomic E-state index is -0.670. The highest BCUT2D eigenvalue weighted by Gasteiger charge is 2.38. The number of anilines is 1. The van der Waals surface area contributed by atoms with Crippen LogP contribution in [0.15, 0.2) is 18.2 Å². The number of amides is 2. The van der Waals surface area contributed by atoms with Gasteiger partial charge in [0.1, 0.15) is 17.9 Å². The van der Waals surface area contributed by atoms with Crippen molar-refractivity contribution in [3.8, 4) is 0 Å². The van der Waals surface area contributed by atoms with Crippen molar-refractivity contribution < 1.29 is 14.0 Å². The lowest BCUT2D eigenvalue weighted by atomic mass is 10.0. The van der Waals surface area contributed by atoms with Crippen LogP contribution in [0.25, 0.3) is 0 Å². The Balaban J connectivity index is 2.37. The maximum atomic E-state index is 13.6. The van der Waals surface area contributed by atoms with Crippen molar-refractivity contribution in [1.82, 2.24) is 5.32 Å². The molecule has 2 rings (SSSR count). The van der Waals surface area contributed by atoms with E-state index in [1.807, 2.05) is 6.92 Å². The summed E-state index contributed by atoms with van der Waals surface area (Å²) < 4.78 is 13.6. The molecule has 1 aliphatic heterocycles. The first-order valence-electron chi connectivity index (χ1n) is 6.54. The number of benzene rings is 1. The lowest BCUT2D eigenvalue weighted by Gasteiger charge is -2.37. The molecule has 2 amide bonds. The molecule has 6 heteroatoms. The van der Waals surface area contributed by atoms with E-state index < -0.39 is 17.9 Å². The number of nitrogens with one attached hydrogen (secondary N) is 1. The minimum absolute atomic E-state index is 0.0135. The van der Waals surface area contributed by atoms with E-state index in [-0.39, 0.29) is 16.8 Å². The number of halogens is 2. The molecule has 1 aromatic rings. The number of nitrogens with zero attached hydrogens (tertiary/aromatic N) is 1. The highest BCUT2D eigenvalue weighted by molar-refractivity contribution is 6.30. The maximum absolute atomic E-state index is 13.6. The third-order valence-corrected chi connectivity index (χ3v) is 3.68. The van der Waals surface area contributed by atoms with E-state index in [4.69, 9.17) is 11.6 Å². The van der Waals surface area contributed by atoms with Crippen LogP contribution in [0.2, 0.25) is 5.02 Å². The van der Waals surface area contributed by atoms with Gasteiger partial charge in [0.2, 0.25) is 11.8 Å². The molecule has 1 aliphatic rings. The van der Waals surface area contributed by atoms with Gasteiger partial charge in [-0.25, -0.2) is 4.39 Å². The third-order valence-electron chi connectivity index (χ3n) is 3.38. The van der Waals surface area contributed by atoms with Gasteiger partial charge in [0.05, 0.1) is 5.02 Å². The van der Waals surface area contributed by atoms with Crippen LogP contribution < -0.4 is 10.2 Å². The third kappa shape index (κ3) is 2.63. The number of hydrogen-bond acceptors (Lipinski definition) is 2. The number of carbonyl (C=O) groups excluding carboxylic acids is 2. The predicted molar refractivity (Wildman–Crippen MR) is 75.2 cm³/mol. The molecule has 1 saturated heterocycles. The van der Waals surface area contributed by atoms with Crippen LogP contribution in [0, 0.1) is 5.82 Å². The van der Waals surface area contributed by atoms with Crippen molar-refractivity contribution in [3.63, 3.8) is 0 Å². The summed E-state index contributed by atoms with van der Waals surface area (Å²) in [6.45, 7) is 3.55. The molecule has 1 heterocycles. The van der Waals surface area contributed by atoms with Gasteiger partial charge in [-0.05, 0) is 31.5 Å². The summed E-state index contributed by atoms with van der Waals surface area (Å²) in [4.78, 5) is 25.7. The lowest BCUT2D eigenvalue weighted by molar-refractivity contribution is -0.133. The van der Waals surface area contributed by atoms with Crippen LogP contribution >= 0.6 is 11.6 Å². The largest absolute Gasteiger partial charge is 0.342 e. The zero-order valence-electron chi connectivity index (χ0n) is 11.3. The fourth-order valence-corrected chi connectivity index (χ4v) is 2.42. The Kier molecular flexibility index (Phi) is 4.28. The number of piperazine rings is 1. The molecule has 4 nitrogen and oxygen atoms in total. The van der Waals surface area contributed by atoms with Crippen molar-refractivity contribution in [2.75, 3.05) is 4.90 Å². The van der Waals surface area contributed by atoms with Gasteiger partial charge in [-0.1, -0.05) is 24.9 Å². The molecule has 2 atom stereocenters. The van der Waals surface area contributed by atoms with Gasteiger partial charge in [0.15, 0.2) is 0 Å². The van der Waals surface area contributed by atoms with Crippen molar-refractivity contribution >= 4 is 29.1 Å². The summed E-state index contributed by atoms with van der Waals surface area (Å²) >= 11 is 5.64. The molecule has 20 heavy (non-hydrogen) atoms. The van der Waals surface area contributed by atoms with E-state index >= 15 is 0 Å². The number of rotatable bonds is 3. The lowest BCUT2D eigenvalue weighted by Crippen LogP contribution is -2.62. The molecule has 0 bridgehead atoms. The summed E-state index contributed by atoms with van der Waals surface area (Å²) in [6, 6.07) is 2.88. The van der Waals surface area contributed by atoms with E-state index in [9.17, 15) is 14.0 Å². The van der Waals surface area contributed by atoms with Crippen molar-refractivity contribution in [2.24, 2.45) is 0 Å². The van der Waals surface area contributed by atoms with Crippen LogP contribution in [0.4, 0.5) is 10.1 Å². The number of carbonyl (C=O) groups is 2. The van der Waals surface area contributed by atoms with Crippen LogP contribution in [0.1, 0.15) is 26.7 Å². The summed E-state index contributed by atoms with van der Waals surface area (Å²) in [5, 5.41) is 2.68. The molecular weight excluding hydrogens is 283 g/mol. The molecule has 0 radical (unpaired) electrons. The minimum Gasteiger partial charge on any atom is -0.342 e. The van der Waals surface area contributed by atoms with Crippen molar-refractivity contribution in [2.45, 2.75) is 38.8 Å². The van der Waals surface area contributed by atoms with E-state index in [1.54, 1.807) is 13.0 Å². The average molecular weight is 299 g/mol. The monoisotopic (exact) mass is 298 g/mol. The van der Waals surface area contributed by atoms with E-state index in [0.29, 0.717) is 12.1 Å². The van der Waals surface area contributed by atoms with Gasteiger partial charge in [0, 0.05) is 5.69 Å². The van der Waals surface area contributed by atoms with Gasteiger partial charge in [-0.15, -0.1) is 0 Å². The summed E-state index contributed by atoms with van der Waals surface area (Å²) in [6.07, 6.45) is 1.33. The van der Waals surface area contributed by atoms with E-state index in [2.05, 4.69) is 5.32 Å². The quantitative estimate of drug-likeness (QED) is 0.932. The molecule has 1 N–H and O–H groups in total. The molecule has 1 fully saturated rings. The van der Waals surface area contributed by atoms with E-state index in [1.165, 1.54) is 17.0 Å². The Labute approximate surface area is 121 Å². The molecule has 0 aliphatic carbocycles. The zero-order chi connectivity index (χ0) is 14.9.